The van der Waals surface area contributed by atoms with Gasteiger partial charge in [0.2, 0.25) is 15.2 Å². The van der Waals surface area contributed by atoms with Crippen molar-refractivity contribution in [1.82, 2.24) is 9.29 Å². The quantitative estimate of drug-likeness (QED) is 0.147. The van der Waals surface area contributed by atoms with E-state index in [0.29, 0.717) is 23.3 Å². The number of halogens is 2. The van der Waals surface area contributed by atoms with E-state index in [0.717, 1.165) is 39.2 Å². The average Bonchev–Trinajstić information content (AvgIpc) is 3.33. The molecule has 11 heteroatoms. The molecule has 0 fully saturated rings. The van der Waals surface area contributed by atoms with E-state index < -0.39 is 21.7 Å². The molecule has 0 bridgehead atoms. The minimum atomic E-state index is -3.68. The van der Waals surface area contributed by atoms with Crippen molar-refractivity contribution in [3.63, 3.8) is 0 Å². The van der Waals surface area contributed by atoms with Crippen molar-refractivity contribution in [2.24, 2.45) is 5.10 Å². The fraction of sp³-hybridized carbons (Fsp3) is 0.222. The molecule has 0 aliphatic rings. The van der Waals surface area contributed by atoms with Crippen molar-refractivity contribution in [3.8, 4) is 0 Å². The maximum atomic E-state index is 13.8. The number of hydrazone groups is 1. The Morgan fingerprint density at radius 3 is 2.45 bits per heavy atom. The van der Waals surface area contributed by atoms with Crippen molar-refractivity contribution in [3.05, 3.63) is 88.1 Å². The van der Waals surface area contributed by atoms with Crippen molar-refractivity contribution in [1.29, 1.82) is 0 Å². The second-order valence-electron chi connectivity index (χ2n) is 8.40. The molecule has 4 rings (SSSR count). The summed E-state index contributed by atoms with van der Waals surface area (Å²) in [5, 5.41) is 5.81. The van der Waals surface area contributed by atoms with Crippen LogP contribution in [0.5, 0.6) is 0 Å². The molecule has 0 aliphatic carbocycles. The molecule has 0 N–H and O–H groups in total. The summed E-state index contributed by atoms with van der Waals surface area (Å²) in [4.78, 5) is 18.2. The van der Waals surface area contributed by atoms with Crippen LogP contribution in [0.2, 0.25) is 0 Å². The molecular weight excluding hydrogens is 591 g/mol. The lowest BCUT2D eigenvalue weighted by atomic mass is 10.2. The maximum Gasteiger partial charge on any atom is 0.280 e. The first-order chi connectivity index (χ1) is 18.2. The summed E-state index contributed by atoms with van der Waals surface area (Å²) in [7, 11) is -3.68. The summed E-state index contributed by atoms with van der Waals surface area (Å²) in [6, 6.07) is 17.4. The van der Waals surface area contributed by atoms with Crippen LogP contribution in [-0.4, -0.2) is 42.9 Å². The molecule has 0 saturated heterocycles. The van der Waals surface area contributed by atoms with Crippen LogP contribution in [0.15, 0.2) is 81.2 Å². The number of amides is 1. The number of nitrogens with zero attached hydrogens (tertiary/aromatic N) is 4. The molecule has 0 saturated carbocycles. The Morgan fingerprint density at radius 1 is 1.08 bits per heavy atom. The Balaban J connectivity index is 1.68. The first kappa shape index (κ1) is 28.0. The highest BCUT2D eigenvalue weighted by Gasteiger charge is 2.25. The number of fused-ring (bicyclic) bond motifs is 1. The van der Waals surface area contributed by atoms with Gasteiger partial charge in [-0.2, -0.15) is 14.4 Å². The van der Waals surface area contributed by atoms with E-state index in [1.165, 1.54) is 46.9 Å². The molecule has 38 heavy (non-hydrogen) atoms. The topological polar surface area (TPSA) is 82.9 Å². The van der Waals surface area contributed by atoms with Gasteiger partial charge < -0.3 is 0 Å². The Hall–Kier alpha value is -2.99. The average molecular weight is 618 g/mol. The van der Waals surface area contributed by atoms with Gasteiger partial charge in [-0.1, -0.05) is 59.7 Å². The maximum absolute atomic E-state index is 13.8. The highest BCUT2D eigenvalue weighted by Crippen LogP contribution is 2.31. The zero-order valence-electron chi connectivity index (χ0n) is 20.8. The third-order valence-electron chi connectivity index (χ3n) is 5.76. The number of aromatic nitrogens is 1. The molecule has 198 valence electrons. The Bertz CT molecular complexity index is 1560. The zero-order valence-corrected chi connectivity index (χ0v) is 24.1. The molecule has 1 amide bonds. The monoisotopic (exact) mass is 616 g/mol. The van der Waals surface area contributed by atoms with Crippen LogP contribution in [-0.2, 0) is 10.0 Å². The molecule has 4 aromatic rings. The first-order valence-electron chi connectivity index (χ1n) is 12.0. The standard InChI is InChI=1S/C27H26BrFN4O3S2/c1-3-5-16-32(4-2)38(35,36)23-13-8-20(9-14-23)26(34)33(30-18-19-6-10-21(28)11-7-19)27-31-24-15-12-22(29)17-25(24)37-27/h6-15,17-18H,3-5,16H2,1-2H3/b30-18+. The largest absolute Gasteiger partial charge is 0.280 e. The number of sulfonamides is 1. The van der Waals surface area contributed by atoms with Crippen LogP contribution in [0, 0.1) is 5.82 Å². The summed E-state index contributed by atoms with van der Waals surface area (Å²) in [6.07, 6.45) is 3.18. The summed E-state index contributed by atoms with van der Waals surface area (Å²) >= 11 is 4.53. The molecule has 0 unspecified atom stereocenters. The van der Waals surface area contributed by atoms with Gasteiger partial charge in [-0.25, -0.2) is 17.8 Å². The predicted octanol–water partition coefficient (Wildman–Crippen LogP) is 6.69. The van der Waals surface area contributed by atoms with Crippen molar-refractivity contribution < 1.29 is 17.6 Å². The molecular formula is C27H26BrFN4O3S2. The molecule has 0 aliphatic heterocycles. The van der Waals surface area contributed by atoms with Crippen molar-refractivity contribution in [2.75, 3.05) is 18.1 Å². The number of hydrogen-bond donors (Lipinski definition) is 0. The van der Waals surface area contributed by atoms with Crippen LogP contribution in [0.1, 0.15) is 42.6 Å². The lowest BCUT2D eigenvalue weighted by Crippen LogP contribution is -2.32. The summed E-state index contributed by atoms with van der Waals surface area (Å²) in [5.74, 6) is -0.902. The normalized spacial score (nSPS) is 12.0. The van der Waals surface area contributed by atoms with Gasteiger partial charge in [-0.05, 0) is 66.6 Å². The minimum absolute atomic E-state index is 0.118. The summed E-state index contributed by atoms with van der Waals surface area (Å²) in [5.41, 5.74) is 1.53. The van der Waals surface area contributed by atoms with Gasteiger partial charge in [0.25, 0.3) is 5.91 Å². The summed E-state index contributed by atoms with van der Waals surface area (Å²) in [6.45, 7) is 4.61. The summed E-state index contributed by atoms with van der Waals surface area (Å²) < 4.78 is 42.8. The van der Waals surface area contributed by atoms with Gasteiger partial charge in [-0.3, -0.25) is 4.79 Å². The molecule has 1 heterocycles. The lowest BCUT2D eigenvalue weighted by molar-refractivity contribution is 0.0987. The molecule has 3 aromatic carbocycles. The van der Waals surface area contributed by atoms with Gasteiger partial charge in [0.05, 0.1) is 21.3 Å². The molecule has 7 nitrogen and oxygen atoms in total. The number of thiazole rings is 1. The number of benzene rings is 3. The number of unbranched alkanes of at least 4 members (excludes halogenated alkanes) is 1. The highest BCUT2D eigenvalue weighted by atomic mass is 79.9. The van der Waals surface area contributed by atoms with Crippen molar-refractivity contribution >= 4 is 64.8 Å². The number of anilines is 1. The van der Waals surface area contributed by atoms with E-state index in [1.807, 2.05) is 31.2 Å². The van der Waals surface area contributed by atoms with Gasteiger partial charge in [0.1, 0.15) is 5.82 Å². The second kappa shape index (κ2) is 12.2. The van der Waals surface area contributed by atoms with E-state index in [9.17, 15) is 17.6 Å². The first-order valence-corrected chi connectivity index (χ1v) is 15.1. The Kier molecular flexibility index (Phi) is 9.03. The van der Waals surface area contributed by atoms with Crippen LogP contribution in [0.3, 0.4) is 0 Å². The smallest absolute Gasteiger partial charge is 0.267 e. The van der Waals surface area contributed by atoms with Crippen molar-refractivity contribution in [2.45, 2.75) is 31.6 Å². The van der Waals surface area contributed by atoms with E-state index in [1.54, 1.807) is 13.0 Å². The van der Waals surface area contributed by atoms with Crippen LogP contribution in [0.25, 0.3) is 10.2 Å². The number of rotatable bonds is 10. The fourth-order valence-electron chi connectivity index (χ4n) is 3.66. The minimum Gasteiger partial charge on any atom is -0.267 e. The number of carbonyl (C=O) groups excluding carboxylic acids is 1. The van der Waals surface area contributed by atoms with Crippen LogP contribution < -0.4 is 5.01 Å². The van der Waals surface area contributed by atoms with Gasteiger partial charge >= 0.3 is 0 Å². The van der Waals surface area contributed by atoms with E-state index in [2.05, 4.69) is 26.0 Å². The van der Waals surface area contributed by atoms with Crippen LogP contribution >= 0.6 is 27.3 Å². The Labute approximate surface area is 233 Å². The molecule has 0 spiro atoms. The van der Waals surface area contributed by atoms with Gasteiger partial charge in [0.15, 0.2) is 0 Å². The van der Waals surface area contributed by atoms with Gasteiger partial charge in [-0.15, -0.1) is 0 Å². The lowest BCUT2D eigenvalue weighted by Gasteiger charge is -2.20. The number of hydrogen-bond acceptors (Lipinski definition) is 6. The van der Waals surface area contributed by atoms with E-state index >= 15 is 0 Å². The van der Waals surface area contributed by atoms with Crippen LogP contribution in [0.4, 0.5) is 9.52 Å². The zero-order chi connectivity index (χ0) is 27.3. The van der Waals surface area contributed by atoms with Gasteiger partial charge in [0, 0.05) is 23.1 Å². The SMILES string of the molecule is CCCCN(CC)S(=O)(=O)c1ccc(C(=O)N(/N=C/c2ccc(Br)cc2)c2nc3ccc(F)cc3s2)cc1. The van der Waals surface area contributed by atoms with E-state index in [-0.39, 0.29) is 15.6 Å². The third-order valence-corrected chi connectivity index (χ3v) is 9.27. The second-order valence-corrected chi connectivity index (χ2v) is 12.3. The predicted molar refractivity (Wildman–Crippen MR) is 154 cm³/mol. The molecule has 1 aromatic heterocycles. The van der Waals surface area contributed by atoms with E-state index in [4.69, 9.17) is 0 Å². The number of carbonyl (C=O) groups is 1. The fourth-order valence-corrected chi connectivity index (χ4v) is 6.36. The highest BCUT2D eigenvalue weighted by molar-refractivity contribution is 9.10. The molecule has 0 radical (unpaired) electrons. The molecule has 0 atom stereocenters. The third kappa shape index (κ3) is 6.35. The Morgan fingerprint density at radius 2 is 1.79 bits per heavy atom.